The summed E-state index contributed by atoms with van der Waals surface area (Å²) in [5, 5.41) is 15.7. The third kappa shape index (κ3) is 4.80. The van der Waals surface area contributed by atoms with Gasteiger partial charge in [-0.15, -0.1) is 17.9 Å². The van der Waals surface area contributed by atoms with Gasteiger partial charge in [-0.2, -0.15) is 0 Å². The summed E-state index contributed by atoms with van der Waals surface area (Å²) in [4.78, 5) is 26.9. The summed E-state index contributed by atoms with van der Waals surface area (Å²) in [6, 6.07) is 13.6. The molecule has 0 bridgehead atoms. The summed E-state index contributed by atoms with van der Waals surface area (Å²) < 4.78 is 5.60. The van der Waals surface area contributed by atoms with Crippen molar-refractivity contribution in [1.29, 1.82) is 0 Å². The first-order chi connectivity index (χ1) is 13.6. The van der Waals surface area contributed by atoms with Crippen LogP contribution in [0.25, 0.3) is 11.3 Å². The van der Waals surface area contributed by atoms with Crippen LogP contribution < -0.4 is 10.1 Å². The molecule has 1 amide bonds. The fourth-order valence-electron chi connectivity index (χ4n) is 2.51. The number of amides is 1. The third-order valence-corrected chi connectivity index (χ3v) is 4.56. The maximum absolute atomic E-state index is 12.2. The van der Waals surface area contributed by atoms with Crippen molar-refractivity contribution < 1.29 is 14.5 Å². The Morgan fingerprint density at radius 3 is 2.89 bits per heavy atom. The second kappa shape index (κ2) is 8.92. The second-order valence-electron chi connectivity index (χ2n) is 5.78. The van der Waals surface area contributed by atoms with E-state index in [0.29, 0.717) is 28.6 Å². The highest BCUT2D eigenvalue weighted by Gasteiger charge is 2.12. The van der Waals surface area contributed by atoms with Crippen molar-refractivity contribution in [3.8, 4) is 17.0 Å². The van der Waals surface area contributed by atoms with E-state index in [1.807, 2.05) is 18.2 Å². The molecule has 0 atom stereocenters. The summed E-state index contributed by atoms with van der Waals surface area (Å²) in [6.45, 7) is 3.56. The Labute approximate surface area is 165 Å². The Bertz CT molecular complexity index is 1020. The van der Waals surface area contributed by atoms with Crippen molar-refractivity contribution in [2.75, 3.05) is 11.9 Å². The van der Waals surface area contributed by atoms with Crippen LogP contribution in [0.3, 0.4) is 0 Å². The lowest BCUT2D eigenvalue weighted by molar-refractivity contribution is -0.384. The zero-order valence-electron chi connectivity index (χ0n) is 14.8. The molecule has 3 aromatic rings. The molecule has 1 aromatic heterocycles. The van der Waals surface area contributed by atoms with Gasteiger partial charge in [0.15, 0.2) is 11.7 Å². The molecule has 3 rings (SSSR count). The number of rotatable bonds is 8. The van der Waals surface area contributed by atoms with Gasteiger partial charge in [0.05, 0.1) is 10.6 Å². The smallest absolute Gasteiger partial charge is 0.270 e. The predicted molar refractivity (Wildman–Crippen MR) is 109 cm³/mol. The fourth-order valence-corrected chi connectivity index (χ4v) is 3.25. The number of benzene rings is 2. The van der Waals surface area contributed by atoms with Crippen LogP contribution in [0.15, 0.2) is 66.6 Å². The fraction of sp³-hybridized carbons (Fsp3) is 0.100. The summed E-state index contributed by atoms with van der Waals surface area (Å²) >= 11 is 1.24. The van der Waals surface area contributed by atoms with E-state index in [2.05, 4.69) is 16.9 Å². The van der Waals surface area contributed by atoms with Crippen molar-refractivity contribution in [2.24, 2.45) is 0 Å². The SMILES string of the molecule is C=CCc1ccccc1OCC(=O)Nc1nc(-c2cccc([N+](=O)[O-])c2)cs1. The molecule has 7 nitrogen and oxygen atoms in total. The highest BCUT2D eigenvalue weighted by molar-refractivity contribution is 7.14. The number of hydrogen-bond acceptors (Lipinski definition) is 6. The molecule has 1 heterocycles. The van der Waals surface area contributed by atoms with Crippen LogP contribution in [0.4, 0.5) is 10.8 Å². The number of allylic oxidation sites excluding steroid dienone is 1. The molecule has 142 valence electrons. The third-order valence-electron chi connectivity index (χ3n) is 3.80. The number of para-hydroxylation sites is 1. The highest BCUT2D eigenvalue weighted by atomic mass is 32.1. The Balaban J connectivity index is 1.62. The number of anilines is 1. The average Bonchev–Trinajstić information content (AvgIpc) is 3.16. The molecule has 28 heavy (non-hydrogen) atoms. The van der Waals surface area contributed by atoms with Gasteiger partial charge in [-0.1, -0.05) is 36.4 Å². The molecule has 0 unspecified atom stereocenters. The van der Waals surface area contributed by atoms with Gasteiger partial charge in [-0.25, -0.2) is 4.98 Å². The van der Waals surface area contributed by atoms with Gasteiger partial charge in [0.2, 0.25) is 0 Å². The first-order valence-electron chi connectivity index (χ1n) is 8.38. The van der Waals surface area contributed by atoms with E-state index >= 15 is 0 Å². The van der Waals surface area contributed by atoms with Gasteiger partial charge in [-0.3, -0.25) is 20.2 Å². The van der Waals surface area contributed by atoms with E-state index in [4.69, 9.17) is 4.74 Å². The molecular formula is C20H17N3O4S. The van der Waals surface area contributed by atoms with Gasteiger partial charge < -0.3 is 4.74 Å². The van der Waals surface area contributed by atoms with Gasteiger partial charge in [-0.05, 0) is 18.1 Å². The van der Waals surface area contributed by atoms with Gasteiger partial charge in [0.1, 0.15) is 5.75 Å². The number of nitro benzene ring substituents is 1. The maximum Gasteiger partial charge on any atom is 0.270 e. The van der Waals surface area contributed by atoms with Crippen molar-refractivity contribution in [2.45, 2.75) is 6.42 Å². The minimum atomic E-state index is -0.458. The van der Waals surface area contributed by atoms with Gasteiger partial charge in [0, 0.05) is 23.1 Å². The Kier molecular flexibility index (Phi) is 6.13. The molecule has 0 fully saturated rings. The topological polar surface area (TPSA) is 94.4 Å². The highest BCUT2D eigenvalue weighted by Crippen LogP contribution is 2.27. The second-order valence-corrected chi connectivity index (χ2v) is 6.64. The van der Waals surface area contributed by atoms with Crippen LogP contribution in [0.5, 0.6) is 5.75 Å². The maximum atomic E-state index is 12.2. The van der Waals surface area contributed by atoms with Crippen molar-refractivity contribution >= 4 is 28.1 Å². The molecular weight excluding hydrogens is 378 g/mol. The molecule has 8 heteroatoms. The van der Waals surface area contributed by atoms with E-state index in [1.54, 1.807) is 29.7 Å². The molecule has 2 aromatic carbocycles. The molecule has 0 saturated heterocycles. The van der Waals surface area contributed by atoms with Crippen molar-refractivity contribution in [3.05, 3.63) is 82.2 Å². The monoisotopic (exact) mass is 395 g/mol. The van der Waals surface area contributed by atoms with Gasteiger partial charge >= 0.3 is 0 Å². The molecule has 0 radical (unpaired) electrons. The summed E-state index contributed by atoms with van der Waals surface area (Å²) in [5.74, 6) is 0.294. The molecule has 0 spiro atoms. The lowest BCUT2D eigenvalue weighted by atomic mass is 10.1. The predicted octanol–water partition coefficient (Wildman–Crippen LogP) is 4.46. The zero-order chi connectivity index (χ0) is 19.9. The van der Waals surface area contributed by atoms with Crippen LogP contribution in [0.2, 0.25) is 0 Å². The van der Waals surface area contributed by atoms with Crippen LogP contribution in [-0.4, -0.2) is 22.4 Å². The van der Waals surface area contributed by atoms with E-state index in [1.165, 1.54) is 23.5 Å². The van der Waals surface area contributed by atoms with Crippen molar-refractivity contribution in [3.63, 3.8) is 0 Å². The number of nitrogens with zero attached hydrogens (tertiary/aromatic N) is 2. The summed E-state index contributed by atoms with van der Waals surface area (Å²) in [7, 11) is 0. The van der Waals surface area contributed by atoms with E-state index in [0.717, 1.165) is 5.56 Å². The molecule has 0 aliphatic carbocycles. The quantitative estimate of drug-likeness (QED) is 0.345. The minimum Gasteiger partial charge on any atom is -0.483 e. The zero-order valence-corrected chi connectivity index (χ0v) is 15.6. The number of carbonyl (C=O) groups excluding carboxylic acids is 1. The number of nitro groups is 1. The largest absolute Gasteiger partial charge is 0.483 e. The first-order valence-corrected chi connectivity index (χ1v) is 9.26. The number of nitrogens with one attached hydrogen (secondary N) is 1. The normalized spacial score (nSPS) is 10.3. The Morgan fingerprint density at radius 1 is 1.29 bits per heavy atom. The minimum absolute atomic E-state index is 0.0114. The van der Waals surface area contributed by atoms with Crippen LogP contribution >= 0.6 is 11.3 Å². The number of aromatic nitrogens is 1. The van der Waals surface area contributed by atoms with E-state index < -0.39 is 4.92 Å². The number of hydrogen-bond donors (Lipinski definition) is 1. The number of ether oxygens (including phenoxy) is 1. The first kappa shape index (κ1) is 19.2. The van der Waals surface area contributed by atoms with Crippen LogP contribution in [0, 0.1) is 10.1 Å². The van der Waals surface area contributed by atoms with Gasteiger partial charge in [0.25, 0.3) is 11.6 Å². The number of thiazole rings is 1. The van der Waals surface area contributed by atoms with Crippen LogP contribution in [-0.2, 0) is 11.2 Å². The molecule has 0 aliphatic heterocycles. The summed E-state index contributed by atoms with van der Waals surface area (Å²) in [5.41, 5.74) is 2.11. The summed E-state index contributed by atoms with van der Waals surface area (Å²) in [6.07, 6.45) is 2.42. The van der Waals surface area contributed by atoms with E-state index in [-0.39, 0.29) is 18.2 Å². The standard InChI is InChI=1S/C20H17N3O4S/c1-2-6-14-7-3-4-10-18(14)27-12-19(24)22-20-21-17(13-28-20)15-8-5-9-16(11-15)23(25)26/h2-5,7-11,13H,1,6,12H2,(H,21,22,24). The van der Waals surface area contributed by atoms with Crippen molar-refractivity contribution in [1.82, 2.24) is 4.98 Å². The molecule has 1 N–H and O–H groups in total. The Morgan fingerprint density at radius 2 is 2.11 bits per heavy atom. The Hall–Kier alpha value is -3.52. The molecule has 0 aliphatic rings. The lowest BCUT2D eigenvalue weighted by Gasteiger charge is -2.09. The van der Waals surface area contributed by atoms with E-state index in [9.17, 15) is 14.9 Å². The average molecular weight is 395 g/mol. The lowest BCUT2D eigenvalue weighted by Crippen LogP contribution is -2.20. The molecule has 0 saturated carbocycles. The number of non-ortho nitro benzene ring substituents is 1. The van der Waals surface area contributed by atoms with Crippen LogP contribution in [0.1, 0.15) is 5.56 Å². The number of carbonyl (C=O) groups is 1.